The number of allylic oxidation sites excluding steroid dienone is 1. The maximum absolute atomic E-state index is 11.7. The first kappa shape index (κ1) is 16.6. The molecular formula is C18H26N2O2. The van der Waals surface area contributed by atoms with Crippen LogP contribution in [0.1, 0.15) is 37.7 Å². The van der Waals surface area contributed by atoms with E-state index in [9.17, 15) is 9.90 Å². The molecule has 4 nitrogen and oxygen atoms in total. The molecule has 1 aliphatic carbocycles. The first-order chi connectivity index (χ1) is 10.7. The van der Waals surface area contributed by atoms with Crippen LogP contribution in [0.5, 0.6) is 0 Å². The van der Waals surface area contributed by atoms with E-state index in [1.165, 1.54) is 31.3 Å². The van der Waals surface area contributed by atoms with Gasteiger partial charge in [-0.3, -0.25) is 0 Å². The van der Waals surface area contributed by atoms with Crippen LogP contribution in [-0.2, 0) is 6.42 Å². The zero-order chi connectivity index (χ0) is 15.6. The summed E-state index contributed by atoms with van der Waals surface area (Å²) in [5.74, 6) is 0. The Morgan fingerprint density at radius 3 is 2.73 bits per heavy atom. The highest BCUT2D eigenvalue weighted by Gasteiger charge is 2.08. The van der Waals surface area contributed by atoms with Crippen LogP contribution in [-0.4, -0.2) is 30.3 Å². The second kappa shape index (κ2) is 9.26. The molecule has 2 rings (SSSR count). The van der Waals surface area contributed by atoms with Gasteiger partial charge in [-0.2, -0.15) is 0 Å². The molecule has 1 aromatic rings. The van der Waals surface area contributed by atoms with Crippen molar-refractivity contribution in [2.45, 2.75) is 44.6 Å². The second-order valence-corrected chi connectivity index (χ2v) is 5.84. The number of hydrogen-bond acceptors (Lipinski definition) is 2. The van der Waals surface area contributed by atoms with Gasteiger partial charge < -0.3 is 15.7 Å². The van der Waals surface area contributed by atoms with E-state index in [0.717, 1.165) is 12.0 Å². The maximum Gasteiger partial charge on any atom is 0.314 e. The van der Waals surface area contributed by atoms with Crippen LogP contribution in [0.2, 0.25) is 0 Å². The molecule has 0 aromatic heterocycles. The predicted octanol–water partition coefficient (Wildman–Crippen LogP) is 2.78. The van der Waals surface area contributed by atoms with Crippen molar-refractivity contribution in [3.05, 3.63) is 47.5 Å². The highest BCUT2D eigenvalue weighted by Crippen LogP contribution is 2.19. The van der Waals surface area contributed by atoms with Crippen LogP contribution in [0, 0.1) is 0 Å². The zero-order valence-electron chi connectivity index (χ0n) is 13.1. The molecule has 1 aliphatic rings. The fraction of sp³-hybridized carbons (Fsp3) is 0.500. The Morgan fingerprint density at radius 2 is 2.00 bits per heavy atom. The van der Waals surface area contributed by atoms with Crippen LogP contribution in [0.4, 0.5) is 4.79 Å². The molecule has 0 fully saturated rings. The third kappa shape index (κ3) is 6.31. The van der Waals surface area contributed by atoms with E-state index in [1.54, 1.807) is 0 Å². The average molecular weight is 302 g/mol. The quantitative estimate of drug-likeness (QED) is 0.678. The molecule has 3 N–H and O–H groups in total. The molecular weight excluding hydrogens is 276 g/mol. The number of aliphatic hydroxyl groups is 1. The van der Waals surface area contributed by atoms with Crippen LogP contribution in [0.15, 0.2) is 42.0 Å². The summed E-state index contributed by atoms with van der Waals surface area (Å²) in [6.45, 7) is 0.926. The number of urea groups is 1. The first-order valence-corrected chi connectivity index (χ1v) is 8.15. The van der Waals surface area contributed by atoms with E-state index in [2.05, 4.69) is 16.7 Å². The molecule has 120 valence electrons. The van der Waals surface area contributed by atoms with E-state index in [4.69, 9.17) is 0 Å². The molecule has 0 radical (unpaired) electrons. The minimum absolute atomic E-state index is 0.205. The summed E-state index contributed by atoms with van der Waals surface area (Å²) in [6, 6.07) is 9.58. The number of benzene rings is 1. The topological polar surface area (TPSA) is 61.4 Å². The maximum atomic E-state index is 11.7. The van der Waals surface area contributed by atoms with Crippen LogP contribution < -0.4 is 10.6 Å². The van der Waals surface area contributed by atoms with Crippen LogP contribution >= 0.6 is 0 Å². The van der Waals surface area contributed by atoms with Gasteiger partial charge in [0.2, 0.25) is 0 Å². The van der Waals surface area contributed by atoms with Crippen molar-refractivity contribution in [3.8, 4) is 0 Å². The number of aliphatic hydroxyl groups excluding tert-OH is 1. The Morgan fingerprint density at radius 1 is 1.18 bits per heavy atom. The van der Waals surface area contributed by atoms with Crippen molar-refractivity contribution < 1.29 is 9.90 Å². The summed E-state index contributed by atoms with van der Waals surface area (Å²) in [7, 11) is 0. The number of nitrogens with one attached hydrogen (secondary N) is 2. The Labute approximate surface area is 132 Å². The standard InChI is InChI=1S/C18H26N2O2/c21-17(13-16-9-5-2-6-10-16)14-20-18(22)19-12-11-15-7-3-1-4-8-15/h2,5-7,9-10,17,21H,1,3-4,8,11-14H2,(H2,19,20,22). The highest BCUT2D eigenvalue weighted by molar-refractivity contribution is 5.73. The third-order valence-electron chi connectivity index (χ3n) is 3.93. The monoisotopic (exact) mass is 302 g/mol. The molecule has 0 bridgehead atoms. The van der Waals surface area contributed by atoms with Crippen molar-refractivity contribution in [1.82, 2.24) is 10.6 Å². The lowest BCUT2D eigenvalue weighted by atomic mass is 9.97. The van der Waals surface area contributed by atoms with Gasteiger partial charge in [0.05, 0.1) is 6.10 Å². The van der Waals surface area contributed by atoms with Gasteiger partial charge in [-0.15, -0.1) is 0 Å². The van der Waals surface area contributed by atoms with E-state index in [1.807, 2.05) is 30.3 Å². The van der Waals surface area contributed by atoms with Gasteiger partial charge in [0.25, 0.3) is 0 Å². The van der Waals surface area contributed by atoms with Crippen molar-refractivity contribution in [1.29, 1.82) is 0 Å². The van der Waals surface area contributed by atoms with Crippen molar-refractivity contribution in [3.63, 3.8) is 0 Å². The van der Waals surface area contributed by atoms with Gasteiger partial charge in [0, 0.05) is 19.5 Å². The van der Waals surface area contributed by atoms with E-state index in [-0.39, 0.29) is 12.6 Å². The number of carbonyl (C=O) groups excluding carboxylic acids is 1. The highest BCUT2D eigenvalue weighted by atomic mass is 16.3. The molecule has 1 atom stereocenters. The molecule has 2 amide bonds. The van der Waals surface area contributed by atoms with Crippen LogP contribution in [0.25, 0.3) is 0 Å². The molecule has 22 heavy (non-hydrogen) atoms. The summed E-state index contributed by atoms with van der Waals surface area (Å²) in [5, 5.41) is 15.5. The van der Waals surface area contributed by atoms with Gasteiger partial charge in [-0.25, -0.2) is 4.79 Å². The lowest BCUT2D eigenvalue weighted by molar-refractivity contribution is 0.170. The fourth-order valence-electron chi connectivity index (χ4n) is 2.70. The smallest absolute Gasteiger partial charge is 0.314 e. The number of carbonyl (C=O) groups is 1. The van der Waals surface area contributed by atoms with E-state index >= 15 is 0 Å². The Balaban J connectivity index is 1.58. The van der Waals surface area contributed by atoms with Gasteiger partial charge in [-0.05, 0) is 37.7 Å². The number of rotatable bonds is 7. The lowest BCUT2D eigenvalue weighted by Gasteiger charge is -2.14. The first-order valence-electron chi connectivity index (χ1n) is 8.15. The third-order valence-corrected chi connectivity index (χ3v) is 3.93. The zero-order valence-corrected chi connectivity index (χ0v) is 13.1. The van der Waals surface area contributed by atoms with E-state index < -0.39 is 6.10 Å². The van der Waals surface area contributed by atoms with Crippen molar-refractivity contribution >= 4 is 6.03 Å². The van der Waals surface area contributed by atoms with Gasteiger partial charge in [0.1, 0.15) is 0 Å². The molecule has 1 unspecified atom stereocenters. The summed E-state index contributed by atoms with van der Waals surface area (Å²) in [6.07, 6.45) is 8.11. The Bertz CT molecular complexity index is 485. The minimum atomic E-state index is -0.561. The average Bonchev–Trinajstić information content (AvgIpc) is 2.55. The van der Waals surface area contributed by atoms with Gasteiger partial charge in [-0.1, -0.05) is 42.0 Å². The number of amides is 2. The molecule has 0 aliphatic heterocycles. The van der Waals surface area contributed by atoms with Crippen molar-refractivity contribution in [2.24, 2.45) is 0 Å². The Kier molecular flexibility index (Phi) is 6.97. The minimum Gasteiger partial charge on any atom is -0.391 e. The SMILES string of the molecule is O=C(NCCC1=CCCCC1)NCC(O)Cc1ccccc1. The largest absolute Gasteiger partial charge is 0.391 e. The molecule has 0 saturated heterocycles. The summed E-state index contributed by atoms with van der Waals surface area (Å²) < 4.78 is 0. The summed E-state index contributed by atoms with van der Waals surface area (Å²) in [4.78, 5) is 11.7. The molecule has 0 saturated carbocycles. The molecule has 1 aromatic carbocycles. The van der Waals surface area contributed by atoms with E-state index in [0.29, 0.717) is 13.0 Å². The molecule has 0 spiro atoms. The summed E-state index contributed by atoms with van der Waals surface area (Å²) in [5.41, 5.74) is 2.53. The number of hydrogen-bond donors (Lipinski definition) is 3. The molecule has 4 heteroatoms. The predicted molar refractivity (Wildman–Crippen MR) is 88.7 cm³/mol. The van der Waals surface area contributed by atoms with Gasteiger partial charge >= 0.3 is 6.03 Å². The summed E-state index contributed by atoms with van der Waals surface area (Å²) >= 11 is 0. The lowest BCUT2D eigenvalue weighted by Crippen LogP contribution is -2.40. The fourth-order valence-corrected chi connectivity index (χ4v) is 2.70. The molecule has 0 heterocycles. The Hall–Kier alpha value is -1.81. The van der Waals surface area contributed by atoms with Crippen molar-refractivity contribution in [2.75, 3.05) is 13.1 Å². The van der Waals surface area contributed by atoms with Gasteiger partial charge in [0.15, 0.2) is 0 Å². The second-order valence-electron chi connectivity index (χ2n) is 5.84. The van der Waals surface area contributed by atoms with Crippen LogP contribution in [0.3, 0.4) is 0 Å². The normalized spacial score (nSPS) is 15.8.